The molecule has 1 rings (SSSR count). The summed E-state index contributed by atoms with van der Waals surface area (Å²) in [7, 11) is 3.07. The number of unbranched alkanes of at least 4 members (excludes halogenated alkanes) is 3. The number of rotatable bonds is 9. The van der Waals surface area contributed by atoms with Crippen LogP contribution in [0.2, 0.25) is 0 Å². The van der Waals surface area contributed by atoms with Crippen molar-refractivity contribution in [2.24, 2.45) is 0 Å². The molecule has 0 atom stereocenters. The first kappa shape index (κ1) is 17.8. The molecule has 0 spiro atoms. The molecule has 0 amide bonds. The van der Waals surface area contributed by atoms with Crippen molar-refractivity contribution in [3.05, 3.63) is 29.8 Å². The maximum Gasteiger partial charge on any atom is 0.337 e. The van der Waals surface area contributed by atoms with E-state index in [0.717, 1.165) is 19.3 Å². The predicted molar refractivity (Wildman–Crippen MR) is 81.4 cm³/mol. The summed E-state index contributed by atoms with van der Waals surface area (Å²) in [6, 6.07) is 6.79. The molecule has 0 radical (unpaired) electrons. The van der Waals surface area contributed by atoms with Crippen LogP contribution in [-0.2, 0) is 13.8 Å². The van der Waals surface area contributed by atoms with Gasteiger partial charge in [0.25, 0.3) is 0 Å². The molecule has 0 aliphatic carbocycles. The summed E-state index contributed by atoms with van der Waals surface area (Å²) in [6.07, 6.45) is 3.02. The highest BCUT2D eigenvalue weighted by molar-refractivity contribution is 8.13. The van der Waals surface area contributed by atoms with Gasteiger partial charge < -0.3 is 9.47 Å². The van der Waals surface area contributed by atoms with E-state index in [2.05, 4.69) is 4.74 Å². The third kappa shape index (κ3) is 7.92. The molecule has 0 aliphatic rings. The fourth-order valence-corrected chi connectivity index (χ4v) is 2.63. The van der Waals surface area contributed by atoms with Crippen LogP contribution in [0, 0.1) is 0 Å². The Labute approximate surface area is 129 Å². The second-order valence-electron chi connectivity index (χ2n) is 4.53. The monoisotopic (exact) mass is 334 g/mol. The molecule has 21 heavy (non-hydrogen) atoms. The molecule has 0 fully saturated rings. The summed E-state index contributed by atoms with van der Waals surface area (Å²) < 4.78 is 31.6. The van der Waals surface area contributed by atoms with Crippen molar-refractivity contribution in [3.8, 4) is 5.75 Å². The molecule has 0 unspecified atom stereocenters. The van der Waals surface area contributed by atoms with Crippen LogP contribution in [0.15, 0.2) is 24.3 Å². The van der Waals surface area contributed by atoms with Crippen LogP contribution in [0.5, 0.6) is 5.75 Å². The number of carbonyl (C=O) groups is 1. The normalized spacial score (nSPS) is 11.1. The van der Waals surface area contributed by atoms with Gasteiger partial charge in [-0.15, -0.1) is 0 Å². The van der Waals surface area contributed by atoms with Crippen LogP contribution in [0.1, 0.15) is 36.0 Å². The molecule has 0 saturated heterocycles. The number of methoxy groups -OCH3 is 1. The third-order valence-corrected chi connectivity index (χ3v) is 4.05. The van der Waals surface area contributed by atoms with E-state index in [4.69, 9.17) is 15.4 Å². The number of esters is 1. The quantitative estimate of drug-likeness (QED) is 0.394. The zero-order valence-corrected chi connectivity index (χ0v) is 13.5. The zero-order valence-electron chi connectivity index (χ0n) is 11.9. The lowest BCUT2D eigenvalue weighted by Gasteiger charge is -2.07. The first-order valence-corrected chi connectivity index (χ1v) is 9.14. The Bertz CT molecular complexity index is 556. The lowest BCUT2D eigenvalue weighted by molar-refractivity contribution is 0.0600. The molecule has 0 bridgehead atoms. The summed E-state index contributed by atoms with van der Waals surface area (Å²) in [4.78, 5) is 11.4. The van der Waals surface area contributed by atoms with Gasteiger partial charge in [-0.1, -0.05) is 18.9 Å². The van der Waals surface area contributed by atoms with Gasteiger partial charge in [0.1, 0.15) is 5.75 Å². The van der Waals surface area contributed by atoms with E-state index in [1.807, 2.05) is 0 Å². The van der Waals surface area contributed by atoms with Gasteiger partial charge in [0.15, 0.2) is 0 Å². The van der Waals surface area contributed by atoms with Gasteiger partial charge >= 0.3 is 5.97 Å². The van der Waals surface area contributed by atoms with E-state index in [1.165, 1.54) is 7.11 Å². The van der Waals surface area contributed by atoms with Crippen molar-refractivity contribution in [2.45, 2.75) is 25.7 Å². The summed E-state index contributed by atoms with van der Waals surface area (Å²) in [5.41, 5.74) is 0.447. The van der Waals surface area contributed by atoms with Crippen LogP contribution in [0.4, 0.5) is 0 Å². The summed E-state index contributed by atoms with van der Waals surface area (Å²) in [5.74, 6) is 0.223. The van der Waals surface area contributed by atoms with Crippen molar-refractivity contribution in [2.75, 3.05) is 19.5 Å². The van der Waals surface area contributed by atoms with Gasteiger partial charge in [0.05, 0.1) is 25.0 Å². The van der Waals surface area contributed by atoms with Crippen LogP contribution < -0.4 is 4.74 Å². The molecule has 0 aliphatic heterocycles. The van der Waals surface area contributed by atoms with Gasteiger partial charge in [-0.3, -0.25) is 0 Å². The molecular weight excluding hydrogens is 316 g/mol. The topological polar surface area (TPSA) is 69.7 Å². The Balaban J connectivity index is 2.22. The first-order chi connectivity index (χ1) is 9.92. The van der Waals surface area contributed by atoms with E-state index in [1.54, 1.807) is 24.3 Å². The molecule has 0 aromatic heterocycles. The molecule has 1 aromatic carbocycles. The highest BCUT2D eigenvalue weighted by Crippen LogP contribution is 2.15. The van der Waals surface area contributed by atoms with Gasteiger partial charge in [-0.25, -0.2) is 13.2 Å². The van der Waals surface area contributed by atoms with Crippen LogP contribution in [0.3, 0.4) is 0 Å². The van der Waals surface area contributed by atoms with E-state index in [-0.39, 0.29) is 5.75 Å². The van der Waals surface area contributed by atoms with E-state index < -0.39 is 15.0 Å². The van der Waals surface area contributed by atoms with E-state index >= 15 is 0 Å². The summed E-state index contributed by atoms with van der Waals surface area (Å²) in [5, 5.41) is 0. The molecule has 0 heterocycles. The van der Waals surface area contributed by atoms with Crippen molar-refractivity contribution in [1.29, 1.82) is 0 Å². The molecule has 0 N–H and O–H groups in total. The van der Waals surface area contributed by atoms with Gasteiger partial charge in [-0.2, -0.15) is 0 Å². The molecule has 118 valence electrons. The van der Waals surface area contributed by atoms with Crippen LogP contribution in [0.25, 0.3) is 0 Å². The highest BCUT2D eigenvalue weighted by Gasteiger charge is 2.06. The maximum atomic E-state index is 11.4. The zero-order chi connectivity index (χ0) is 15.7. The standard InChI is InChI=1S/C14H19ClO5S/c1-19-14(16)12-7-6-8-13(11-12)20-9-4-2-3-5-10-21(15,17)18/h6-8,11H,2-5,9-10H2,1H3. The number of carbonyl (C=O) groups excluding carboxylic acids is 1. The minimum absolute atomic E-state index is 0.0105. The molecule has 7 heteroatoms. The Morgan fingerprint density at radius 3 is 2.57 bits per heavy atom. The summed E-state index contributed by atoms with van der Waals surface area (Å²) in [6.45, 7) is 0.512. The molecular formula is C14H19ClO5S. The minimum Gasteiger partial charge on any atom is -0.494 e. The van der Waals surface area contributed by atoms with Crippen molar-refractivity contribution >= 4 is 25.7 Å². The van der Waals surface area contributed by atoms with Gasteiger partial charge in [0, 0.05) is 10.7 Å². The van der Waals surface area contributed by atoms with Crippen LogP contribution in [-0.4, -0.2) is 33.9 Å². The maximum absolute atomic E-state index is 11.4. The van der Waals surface area contributed by atoms with Crippen molar-refractivity contribution in [3.63, 3.8) is 0 Å². The molecule has 1 aromatic rings. The fraction of sp³-hybridized carbons (Fsp3) is 0.500. The lowest BCUT2D eigenvalue weighted by atomic mass is 10.2. The Kier molecular flexibility index (Phi) is 7.53. The molecule has 5 nitrogen and oxygen atoms in total. The number of benzene rings is 1. The molecule has 0 saturated carbocycles. The van der Waals surface area contributed by atoms with Crippen molar-refractivity contribution in [1.82, 2.24) is 0 Å². The largest absolute Gasteiger partial charge is 0.494 e. The minimum atomic E-state index is -3.38. The van der Waals surface area contributed by atoms with E-state index in [0.29, 0.717) is 24.3 Å². The average Bonchev–Trinajstić information content (AvgIpc) is 2.44. The van der Waals surface area contributed by atoms with Crippen LogP contribution >= 0.6 is 10.7 Å². The van der Waals surface area contributed by atoms with Crippen molar-refractivity contribution < 1.29 is 22.7 Å². The Morgan fingerprint density at radius 1 is 1.19 bits per heavy atom. The Hall–Kier alpha value is -1.27. The highest BCUT2D eigenvalue weighted by atomic mass is 35.7. The summed E-state index contributed by atoms with van der Waals surface area (Å²) >= 11 is 0. The number of hydrogen-bond acceptors (Lipinski definition) is 5. The smallest absolute Gasteiger partial charge is 0.337 e. The third-order valence-electron chi connectivity index (χ3n) is 2.81. The average molecular weight is 335 g/mol. The SMILES string of the molecule is COC(=O)c1cccc(OCCCCCCS(=O)(=O)Cl)c1. The number of hydrogen-bond donors (Lipinski definition) is 0. The second kappa shape index (κ2) is 8.89. The number of ether oxygens (including phenoxy) is 2. The number of halogens is 1. The second-order valence-corrected chi connectivity index (χ2v) is 7.42. The predicted octanol–water partition coefficient (Wildman–Crippen LogP) is 2.98. The fourth-order valence-electron chi connectivity index (χ4n) is 1.75. The Morgan fingerprint density at radius 2 is 1.90 bits per heavy atom. The first-order valence-electron chi connectivity index (χ1n) is 6.66. The van der Waals surface area contributed by atoms with E-state index in [9.17, 15) is 13.2 Å². The van der Waals surface area contributed by atoms with Gasteiger partial charge in [0.2, 0.25) is 9.05 Å². The lowest BCUT2D eigenvalue weighted by Crippen LogP contribution is -2.03. The van der Waals surface area contributed by atoms with Gasteiger partial charge in [-0.05, 0) is 31.0 Å².